The van der Waals surface area contributed by atoms with Gasteiger partial charge in [0.15, 0.2) is 11.0 Å². The number of nitrogens with one attached hydrogen (secondary N) is 1. The van der Waals surface area contributed by atoms with E-state index >= 15 is 0 Å². The minimum Gasteiger partial charge on any atom is -0.480 e. The number of aryl methyl sites for hydroxylation is 2. The highest BCUT2D eigenvalue weighted by molar-refractivity contribution is 6.30. The van der Waals surface area contributed by atoms with Gasteiger partial charge in [-0.25, -0.2) is 9.78 Å². The third kappa shape index (κ3) is 3.33. The second kappa shape index (κ2) is 7.11. The Kier molecular flexibility index (Phi) is 5.05. The van der Waals surface area contributed by atoms with Crippen LogP contribution in [0.3, 0.4) is 0 Å². The highest BCUT2D eigenvalue weighted by Crippen LogP contribution is 2.40. The van der Waals surface area contributed by atoms with Crippen molar-refractivity contribution in [2.24, 2.45) is 0 Å². The van der Waals surface area contributed by atoms with Crippen molar-refractivity contribution in [3.8, 4) is 0 Å². The van der Waals surface area contributed by atoms with Crippen LogP contribution in [0.15, 0.2) is 23.0 Å². The first-order chi connectivity index (χ1) is 12.3. The molecule has 0 spiro atoms. The Hall–Kier alpha value is -2.34. The Balaban J connectivity index is 1.97. The number of halogens is 1. The number of fused-ring (bicyclic) bond motifs is 1. The number of hydrogen-bond acceptors (Lipinski definition) is 4. The molecule has 0 unspecified atom stereocenters. The molecule has 138 valence electrons. The van der Waals surface area contributed by atoms with Crippen LogP contribution in [0.4, 0.5) is 5.82 Å². The maximum Gasteiger partial charge on any atom is 0.326 e. The number of carbonyl (C=O) groups is 1. The third-order valence-electron chi connectivity index (χ3n) is 4.83. The van der Waals surface area contributed by atoms with Crippen molar-refractivity contribution in [2.45, 2.75) is 52.1 Å². The van der Waals surface area contributed by atoms with E-state index < -0.39 is 17.6 Å². The molecule has 0 saturated carbocycles. The van der Waals surface area contributed by atoms with Crippen LogP contribution in [0.5, 0.6) is 0 Å². The minimum atomic E-state index is -1.02. The number of carboxylic acid groups (broad SMARTS) is 1. The lowest BCUT2D eigenvalue weighted by Crippen LogP contribution is -2.30. The van der Waals surface area contributed by atoms with Crippen LogP contribution in [-0.2, 0) is 11.3 Å². The number of aliphatic carboxylic acids is 1. The van der Waals surface area contributed by atoms with E-state index in [-0.39, 0.29) is 16.9 Å². The molecule has 2 aromatic rings. The molecule has 0 amide bonds. The standard InChI is InChI=1S/C19H22ClN3O3/c1-4-13-8-14(19(25)26)23-15(13)16(20)22-17(18(23)24)21-9-12-6-10(2)5-11(3)7-12/h5-7,13-14H,4,8-9H2,1-3H3,(H,21,22)(H,25,26)/t13-,14-/m0/s1. The summed E-state index contributed by atoms with van der Waals surface area (Å²) >= 11 is 6.32. The lowest BCUT2D eigenvalue weighted by molar-refractivity contribution is -0.140. The maximum atomic E-state index is 12.9. The van der Waals surface area contributed by atoms with Crippen LogP contribution in [-0.4, -0.2) is 20.6 Å². The molecule has 0 saturated heterocycles. The van der Waals surface area contributed by atoms with Crippen LogP contribution in [0.25, 0.3) is 0 Å². The number of benzene rings is 1. The summed E-state index contributed by atoms with van der Waals surface area (Å²) in [6, 6.07) is 5.23. The van der Waals surface area contributed by atoms with Gasteiger partial charge in [0.05, 0.1) is 5.69 Å². The summed E-state index contributed by atoms with van der Waals surface area (Å²) in [7, 11) is 0. The average Bonchev–Trinajstić information content (AvgIpc) is 2.96. The Morgan fingerprint density at radius 3 is 2.58 bits per heavy atom. The molecule has 26 heavy (non-hydrogen) atoms. The summed E-state index contributed by atoms with van der Waals surface area (Å²) in [5.41, 5.74) is 3.39. The zero-order valence-electron chi connectivity index (χ0n) is 15.0. The zero-order valence-corrected chi connectivity index (χ0v) is 15.8. The molecule has 2 heterocycles. The summed E-state index contributed by atoms with van der Waals surface area (Å²) in [6.07, 6.45) is 1.07. The molecule has 1 aliphatic heterocycles. The minimum absolute atomic E-state index is 0.0720. The van der Waals surface area contributed by atoms with E-state index in [4.69, 9.17) is 11.6 Å². The van der Waals surface area contributed by atoms with Crippen molar-refractivity contribution in [2.75, 3.05) is 5.32 Å². The topological polar surface area (TPSA) is 84.2 Å². The van der Waals surface area contributed by atoms with Gasteiger partial charge in [-0.2, -0.15) is 0 Å². The second-order valence-electron chi connectivity index (χ2n) is 6.86. The lowest BCUT2D eigenvalue weighted by atomic mass is 9.99. The smallest absolute Gasteiger partial charge is 0.326 e. The molecule has 2 N–H and O–H groups in total. The van der Waals surface area contributed by atoms with Gasteiger partial charge in [0, 0.05) is 12.5 Å². The van der Waals surface area contributed by atoms with Crippen molar-refractivity contribution in [3.63, 3.8) is 0 Å². The number of carboxylic acids is 1. The number of rotatable bonds is 5. The lowest BCUT2D eigenvalue weighted by Gasteiger charge is -2.14. The summed E-state index contributed by atoms with van der Waals surface area (Å²) in [6.45, 7) is 6.39. The summed E-state index contributed by atoms with van der Waals surface area (Å²) in [5.74, 6) is -1.01. The number of hydrogen-bond donors (Lipinski definition) is 2. The van der Waals surface area contributed by atoms with Gasteiger partial charge in [0.1, 0.15) is 6.04 Å². The SMILES string of the molecule is CC[C@H]1C[C@@H](C(=O)O)n2c1c(Cl)nc(NCc1cc(C)cc(C)c1)c2=O. The molecular formula is C19H22ClN3O3. The number of aromatic nitrogens is 2. The highest BCUT2D eigenvalue weighted by atomic mass is 35.5. The molecular weight excluding hydrogens is 354 g/mol. The molecule has 6 nitrogen and oxygen atoms in total. The molecule has 3 rings (SSSR count). The Bertz CT molecular complexity index is 903. The van der Waals surface area contributed by atoms with E-state index in [1.54, 1.807) is 0 Å². The van der Waals surface area contributed by atoms with Gasteiger partial charge >= 0.3 is 5.97 Å². The van der Waals surface area contributed by atoms with Crippen molar-refractivity contribution in [3.05, 3.63) is 56.1 Å². The van der Waals surface area contributed by atoms with Gasteiger partial charge in [-0.05, 0) is 32.3 Å². The molecule has 7 heteroatoms. The fourth-order valence-electron chi connectivity index (χ4n) is 3.73. The Morgan fingerprint density at radius 1 is 1.35 bits per heavy atom. The maximum absolute atomic E-state index is 12.9. The van der Waals surface area contributed by atoms with E-state index in [9.17, 15) is 14.7 Å². The third-order valence-corrected chi connectivity index (χ3v) is 5.11. The largest absolute Gasteiger partial charge is 0.480 e. The van der Waals surface area contributed by atoms with Crippen LogP contribution in [0.1, 0.15) is 54.1 Å². The summed E-state index contributed by atoms with van der Waals surface area (Å²) in [4.78, 5) is 28.7. The predicted molar refractivity (Wildman–Crippen MR) is 101 cm³/mol. The van der Waals surface area contributed by atoms with Gasteiger partial charge in [0.25, 0.3) is 5.56 Å². The summed E-state index contributed by atoms with van der Waals surface area (Å²) < 4.78 is 1.30. The molecule has 1 aromatic heterocycles. The first-order valence-corrected chi connectivity index (χ1v) is 9.05. The van der Waals surface area contributed by atoms with E-state index in [0.29, 0.717) is 25.1 Å². The van der Waals surface area contributed by atoms with Gasteiger partial charge < -0.3 is 10.4 Å². The zero-order chi connectivity index (χ0) is 19.0. The second-order valence-corrected chi connectivity index (χ2v) is 7.21. The molecule has 1 aromatic carbocycles. The fraction of sp³-hybridized carbons (Fsp3) is 0.421. The van der Waals surface area contributed by atoms with Crippen molar-refractivity contribution >= 4 is 23.4 Å². The van der Waals surface area contributed by atoms with Gasteiger partial charge in [-0.15, -0.1) is 0 Å². The van der Waals surface area contributed by atoms with Gasteiger partial charge in [-0.1, -0.05) is 47.9 Å². The first-order valence-electron chi connectivity index (χ1n) is 8.67. The van der Waals surface area contributed by atoms with Gasteiger partial charge in [-0.3, -0.25) is 9.36 Å². The van der Waals surface area contributed by atoms with E-state index in [0.717, 1.165) is 16.7 Å². The van der Waals surface area contributed by atoms with E-state index in [1.165, 1.54) is 4.57 Å². The van der Waals surface area contributed by atoms with Gasteiger partial charge in [0.2, 0.25) is 0 Å². The molecule has 0 radical (unpaired) electrons. The summed E-state index contributed by atoms with van der Waals surface area (Å²) in [5, 5.41) is 12.7. The molecule has 0 bridgehead atoms. The van der Waals surface area contributed by atoms with Crippen molar-refractivity contribution in [1.29, 1.82) is 0 Å². The number of anilines is 1. The Morgan fingerprint density at radius 2 is 2.00 bits per heavy atom. The molecule has 2 atom stereocenters. The fourth-order valence-corrected chi connectivity index (χ4v) is 4.06. The van der Waals surface area contributed by atoms with Crippen molar-refractivity contribution in [1.82, 2.24) is 9.55 Å². The Labute approximate surface area is 156 Å². The molecule has 1 aliphatic rings. The predicted octanol–water partition coefficient (Wildman–Crippen LogP) is 3.65. The van der Waals surface area contributed by atoms with E-state index in [1.807, 2.05) is 32.9 Å². The highest BCUT2D eigenvalue weighted by Gasteiger charge is 2.38. The number of nitrogens with zero attached hydrogens (tertiary/aromatic N) is 2. The van der Waals surface area contributed by atoms with Crippen LogP contribution < -0.4 is 10.9 Å². The average molecular weight is 376 g/mol. The van der Waals surface area contributed by atoms with E-state index in [2.05, 4.69) is 16.4 Å². The van der Waals surface area contributed by atoms with Crippen LogP contribution in [0.2, 0.25) is 5.15 Å². The van der Waals surface area contributed by atoms with Crippen LogP contribution in [0, 0.1) is 13.8 Å². The normalized spacial score (nSPS) is 18.6. The first kappa shape index (κ1) is 18.5. The monoisotopic (exact) mass is 375 g/mol. The molecule has 0 aliphatic carbocycles. The van der Waals surface area contributed by atoms with Crippen molar-refractivity contribution < 1.29 is 9.90 Å². The molecule has 0 fully saturated rings. The quantitative estimate of drug-likeness (QED) is 0.833. The van der Waals surface area contributed by atoms with Crippen LogP contribution >= 0.6 is 11.6 Å².